The van der Waals surface area contributed by atoms with Crippen molar-refractivity contribution in [1.82, 2.24) is 0 Å². The molecule has 0 saturated carbocycles. The highest BCUT2D eigenvalue weighted by Gasteiger charge is 2.00. The summed E-state index contributed by atoms with van der Waals surface area (Å²) in [6.07, 6.45) is 4.12. The summed E-state index contributed by atoms with van der Waals surface area (Å²) < 4.78 is 0. The third-order valence-electron chi connectivity index (χ3n) is 2.06. The van der Waals surface area contributed by atoms with Gasteiger partial charge < -0.3 is 0 Å². The van der Waals surface area contributed by atoms with Crippen molar-refractivity contribution in [3.05, 3.63) is 24.3 Å². The van der Waals surface area contributed by atoms with Crippen LogP contribution in [-0.4, -0.2) is 12.8 Å². The van der Waals surface area contributed by atoms with Crippen LogP contribution >= 0.6 is 0 Å². The summed E-state index contributed by atoms with van der Waals surface area (Å²) in [7, 11) is 1.83. The molecule has 1 heteroatoms. The third-order valence-corrected chi connectivity index (χ3v) is 2.06. The van der Waals surface area contributed by atoms with Gasteiger partial charge in [-0.3, -0.25) is 4.99 Å². The zero-order valence-corrected chi connectivity index (χ0v) is 9.46. The number of allylic oxidation sites excluding steroid dienone is 3. The van der Waals surface area contributed by atoms with E-state index in [2.05, 4.69) is 51.4 Å². The Morgan fingerprint density at radius 1 is 1.08 bits per heavy atom. The summed E-state index contributed by atoms with van der Waals surface area (Å²) in [5, 5.41) is 0. The van der Waals surface area contributed by atoms with Crippen LogP contribution < -0.4 is 0 Å². The van der Waals surface area contributed by atoms with Crippen LogP contribution in [0.5, 0.6) is 0 Å². The molecule has 0 fully saturated rings. The lowest BCUT2D eigenvalue weighted by atomic mass is 10.0. The molecule has 0 amide bonds. The number of hydrogen-bond acceptors (Lipinski definition) is 1. The lowest BCUT2D eigenvalue weighted by molar-refractivity contribution is 0.795. The maximum atomic E-state index is 4.21. The Morgan fingerprint density at radius 3 is 1.92 bits per heavy atom. The van der Waals surface area contributed by atoms with Gasteiger partial charge in [0.05, 0.1) is 0 Å². The normalized spacial score (nSPS) is 13.3. The molecule has 0 aliphatic carbocycles. The van der Waals surface area contributed by atoms with Crippen molar-refractivity contribution in [3.63, 3.8) is 0 Å². The van der Waals surface area contributed by atoms with Crippen molar-refractivity contribution < 1.29 is 0 Å². The summed E-state index contributed by atoms with van der Waals surface area (Å²) in [4.78, 5) is 4.21. The van der Waals surface area contributed by atoms with E-state index in [1.54, 1.807) is 0 Å². The minimum atomic E-state index is 0.487. The van der Waals surface area contributed by atoms with Crippen LogP contribution in [-0.2, 0) is 0 Å². The van der Waals surface area contributed by atoms with E-state index in [-0.39, 0.29) is 0 Å². The van der Waals surface area contributed by atoms with Crippen LogP contribution in [0.15, 0.2) is 29.3 Å². The minimum Gasteiger partial charge on any atom is -0.293 e. The van der Waals surface area contributed by atoms with Gasteiger partial charge in [0.25, 0.3) is 0 Å². The molecule has 0 rings (SSSR count). The molecule has 0 unspecified atom stereocenters. The average molecular weight is 179 g/mol. The molecule has 0 aliphatic heterocycles. The molecule has 0 bridgehead atoms. The van der Waals surface area contributed by atoms with E-state index in [0.29, 0.717) is 11.8 Å². The van der Waals surface area contributed by atoms with Gasteiger partial charge in [-0.05, 0) is 17.9 Å². The molecule has 0 aliphatic rings. The fourth-order valence-electron chi connectivity index (χ4n) is 0.910. The molecule has 0 radical (unpaired) electrons. The number of nitrogens with zero attached hydrogens (tertiary/aromatic N) is 1. The first kappa shape index (κ1) is 12.2. The SMILES string of the molecule is C=C(/C=C\C(=NC)C(C)C)C(C)C. The van der Waals surface area contributed by atoms with E-state index in [9.17, 15) is 0 Å². The molecule has 0 heterocycles. The molecule has 13 heavy (non-hydrogen) atoms. The second-order valence-electron chi connectivity index (χ2n) is 3.87. The highest BCUT2D eigenvalue weighted by atomic mass is 14.7. The highest BCUT2D eigenvalue weighted by molar-refractivity contribution is 5.96. The van der Waals surface area contributed by atoms with Gasteiger partial charge in [-0.2, -0.15) is 0 Å². The molecule has 0 N–H and O–H groups in total. The summed E-state index contributed by atoms with van der Waals surface area (Å²) >= 11 is 0. The molecule has 0 aromatic carbocycles. The van der Waals surface area contributed by atoms with E-state index >= 15 is 0 Å². The Bertz CT molecular complexity index is 219. The Kier molecular flexibility index (Phi) is 5.36. The topological polar surface area (TPSA) is 12.4 Å². The molecule has 0 saturated heterocycles. The van der Waals surface area contributed by atoms with Gasteiger partial charge in [-0.15, -0.1) is 0 Å². The van der Waals surface area contributed by atoms with Crippen LogP contribution in [0.4, 0.5) is 0 Å². The summed E-state index contributed by atoms with van der Waals surface area (Å²) in [5.41, 5.74) is 2.28. The first-order chi connectivity index (χ1) is 5.99. The maximum absolute atomic E-state index is 4.21. The van der Waals surface area contributed by atoms with E-state index in [1.807, 2.05) is 7.05 Å². The molecule has 1 nitrogen and oxygen atoms in total. The largest absolute Gasteiger partial charge is 0.293 e. The summed E-state index contributed by atoms with van der Waals surface area (Å²) in [6, 6.07) is 0. The van der Waals surface area contributed by atoms with Crippen molar-refractivity contribution in [3.8, 4) is 0 Å². The highest BCUT2D eigenvalue weighted by Crippen LogP contribution is 2.09. The Labute approximate surface area is 82.3 Å². The lowest BCUT2D eigenvalue weighted by Crippen LogP contribution is -2.03. The van der Waals surface area contributed by atoms with Gasteiger partial charge >= 0.3 is 0 Å². The molecular weight excluding hydrogens is 158 g/mol. The zero-order chi connectivity index (χ0) is 10.4. The maximum Gasteiger partial charge on any atom is 0.0370 e. The molecule has 0 aromatic heterocycles. The van der Waals surface area contributed by atoms with E-state index in [1.165, 1.54) is 0 Å². The van der Waals surface area contributed by atoms with Crippen molar-refractivity contribution in [1.29, 1.82) is 0 Å². The second-order valence-corrected chi connectivity index (χ2v) is 3.87. The Balaban J connectivity index is 4.34. The quantitative estimate of drug-likeness (QED) is 0.463. The van der Waals surface area contributed by atoms with Gasteiger partial charge in [-0.1, -0.05) is 45.9 Å². The Hall–Kier alpha value is -0.850. The summed E-state index contributed by atoms with van der Waals surface area (Å²) in [5.74, 6) is 1.00. The van der Waals surface area contributed by atoms with Crippen molar-refractivity contribution >= 4 is 5.71 Å². The first-order valence-corrected chi connectivity index (χ1v) is 4.82. The third kappa shape index (κ3) is 4.66. The first-order valence-electron chi connectivity index (χ1n) is 4.82. The minimum absolute atomic E-state index is 0.487. The van der Waals surface area contributed by atoms with Gasteiger partial charge in [-0.25, -0.2) is 0 Å². The predicted molar refractivity (Wildman–Crippen MR) is 61.3 cm³/mol. The van der Waals surface area contributed by atoms with Crippen LogP contribution in [0, 0.1) is 11.8 Å². The van der Waals surface area contributed by atoms with Gasteiger partial charge in [0.2, 0.25) is 0 Å². The molecule has 74 valence electrons. The Morgan fingerprint density at radius 2 is 1.62 bits per heavy atom. The van der Waals surface area contributed by atoms with E-state index in [0.717, 1.165) is 11.3 Å². The second kappa shape index (κ2) is 5.74. The van der Waals surface area contributed by atoms with Crippen LogP contribution in [0.1, 0.15) is 27.7 Å². The standard InChI is InChI=1S/C12H21N/c1-9(2)11(5)7-8-12(13-6)10(3)4/h7-10H,5H2,1-4,6H3/b8-7-,13-12?. The smallest absolute Gasteiger partial charge is 0.0370 e. The lowest BCUT2D eigenvalue weighted by Gasteiger charge is -2.06. The fourth-order valence-corrected chi connectivity index (χ4v) is 0.910. The molecule has 0 aromatic rings. The van der Waals surface area contributed by atoms with Crippen molar-refractivity contribution in [2.75, 3.05) is 7.05 Å². The van der Waals surface area contributed by atoms with Crippen LogP contribution in [0.3, 0.4) is 0 Å². The van der Waals surface area contributed by atoms with Gasteiger partial charge in [0.15, 0.2) is 0 Å². The average Bonchev–Trinajstić information content (AvgIpc) is 2.04. The summed E-state index contributed by atoms with van der Waals surface area (Å²) in [6.45, 7) is 12.6. The molecular formula is C12H21N. The van der Waals surface area contributed by atoms with Crippen LogP contribution in [0.25, 0.3) is 0 Å². The zero-order valence-electron chi connectivity index (χ0n) is 9.46. The van der Waals surface area contributed by atoms with Crippen LogP contribution in [0.2, 0.25) is 0 Å². The van der Waals surface area contributed by atoms with E-state index < -0.39 is 0 Å². The van der Waals surface area contributed by atoms with E-state index in [4.69, 9.17) is 0 Å². The predicted octanol–water partition coefficient (Wildman–Crippen LogP) is 3.48. The monoisotopic (exact) mass is 179 g/mol. The molecule has 0 spiro atoms. The number of rotatable bonds is 4. The van der Waals surface area contributed by atoms with Crippen molar-refractivity contribution in [2.45, 2.75) is 27.7 Å². The van der Waals surface area contributed by atoms with Gasteiger partial charge in [0, 0.05) is 12.8 Å². The fraction of sp³-hybridized carbons (Fsp3) is 0.583. The van der Waals surface area contributed by atoms with Gasteiger partial charge in [0.1, 0.15) is 0 Å². The number of aliphatic imine (C=N–C) groups is 1. The van der Waals surface area contributed by atoms with Crippen molar-refractivity contribution in [2.24, 2.45) is 16.8 Å². The molecule has 0 atom stereocenters. The number of hydrogen-bond donors (Lipinski definition) is 0.